The average molecular weight is 529 g/mol. The fraction of sp³-hybridized carbons (Fsp3) is 0.400. The van der Waals surface area contributed by atoms with E-state index in [0.29, 0.717) is 24.8 Å². The van der Waals surface area contributed by atoms with E-state index < -0.39 is 5.50 Å². The van der Waals surface area contributed by atoms with Crippen LogP contribution in [0.15, 0.2) is 60.9 Å². The van der Waals surface area contributed by atoms with Crippen LogP contribution in [0, 0.1) is 0 Å². The maximum Gasteiger partial charge on any atom is 0.239 e. The Morgan fingerprint density at radius 2 is 1.82 bits per heavy atom. The Hall–Kier alpha value is -2.12. The molecule has 2 atom stereocenters. The Morgan fingerprint density at radius 1 is 1.12 bits per heavy atom. The standard InChI is InChI=1S/C25H31Cl2N3O3.ClH/c1-3-4-15-33-24(20-7-9-21(26)10-8-20)25(27)30-14-13-29(18-30)17-23(31)28-16-19-5-11-22(32-2)12-6-19;/h5-14,24-25H,3-4,15-18H2,1-2H3,(H,28,31);1H. The summed E-state index contributed by atoms with van der Waals surface area (Å²) in [6, 6.07) is 15.2. The van der Waals surface area contributed by atoms with Crippen LogP contribution in [0.2, 0.25) is 5.02 Å². The zero-order valence-corrected chi connectivity index (χ0v) is 21.8. The molecular formula is C25H32Cl3N3O3. The van der Waals surface area contributed by atoms with Gasteiger partial charge >= 0.3 is 0 Å². The molecule has 0 radical (unpaired) electrons. The van der Waals surface area contributed by atoms with Gasteiger partial charge in [-0.2, -0.15) is 0 Å². The third-order valence-electron chi connectivity index (χ3n) is 5.37. The first-order valence-electron chi connectivity index (χ1n) is 11.1. The van der Waals surface area contributed by atoms with Crippen molar-refractivity contribution in [3.63, 3.8) is 0 Å². The van der Waals surface area contributed by atoms with Crippen molar-refractivity contribution in [1.82, 2.24) is 15.1 Å². The highest BCUT2D eigenvalue weighted by atomic mass is 35.5. The number of nitrogens with one attached hydrogen (secondary N) is 1. The van der Waals surface area contributed by atoms with E-state index in [-0.39, 0.29) is 31.0 Å². The lowest BCUT2D eigenvalue weighted by Crippen LogP contribution is -2.39. The molecule has 0 fully saturated rings. The molecule has 1 N–H and O–H groups in total. The van der Waals surface area contributed by atoms with Gasteiger partial charge in [0.05, 0.1) is 20.3 Å². The molecule has 1 aliphatic rings. The topological polar surface area (TPSA) is 54.0 Å². The summed E-state index contributed by atoms with van der Waals surface area (Å²) in [7, 11) is 1.63. The lowest BCUT2D eigenvalue weighted by Gasteiger charge is -2.31. The number of benzene rings is 2. The van der Waals surface area contributed by atoms with E-state index in [4.69, 9.17) is 32.7 Å². The second kappa shape index (κ2) is 14.3. The maximum atomic E-state index is 12.4. The molecule has 2 aromatic rings. The van der Waals surface area contributed by atoms with E-state index in [1.54, 1.807) is 7.11 Å². The number of unbranched alkanes of at least 4 members (excludes halogenated alkanes) is 1. The van der Waals surface area contributed by atoms with Crippen molar-refractivity contribution in [3.05, 3.63) is 77.1 Å². The van der Waals surface area contributed by atoms with Crippen molar-refractivity contribution >= 4 is 41.5 Å². The smallest absolute Gasteiger partial charge is 0.239 e. The van der Waals surface area contributed by atoms with Gasteiger partial charge in [0.2, 0.25) is 5.91 Å². The number of nitrogens with zero attached hydrogens (tertiary/aromatic N) is 2. The molecule has 0 bridgehead atoms. The second-order valence-corrected chi connectivity index (χ2v) is 8.78. The number of alkyl halides is 1. The molecule has 6 nitrogen and oxygen atoms in total. The number of carbonyl (C=O) groups excluding carboxylic acids is 1. The summed E-state index contributed by atoms with van der Waals surface area (Å²) < 4.78 is 11.3. The Bertz CT molecular complexity index is 910. The summed E-state index contributed by atoms with van der Waals surface area (Å²) in [5, 5.41) is 3.62. The van der Waals surface area contributed by atoms with Crippen LogP contribution in [-0.4, -0.2) is 48.1 Å². The highest BCUT2D eigenvalue weighted by Gasteiger charge is 2.29. The molecule has 9 heteroatoms. The van der Waals surface area contributed by atoms with Gasteiger partial charge in [-0.1, -0.05) is 60.8 Å². The molecule has 1 heterocycles. The molecule has 34 heavy (non-hydrogen) atoms. The van der Waals surface area contributed by atoms with Crippen molar-refractivity contribution < 1.29 is 14.3 Å². The molecule has 2 unspecified atom stereocenters. The molecule has 186 valence electrons. The average Bonchev–Trinajstić information content (AvgIpc) is 3.30. The Balaban J connectivity index is 0.00000408. The molecule has 1 amide bonds. The largest absolute Gasteiger partial charge is 0.497 e. The van der Waals surface area contributed by atoms with Crippen LogP contribution in [0.3, 0.4) is 0 Å². The first-order chi connectivity index (χ1) is 16.0. The first-order valence-corrected chi connectivity index (χ1v) is 11.9. The van der Waals surface area contributed by atoms with Gasteiger partial charge in [-0.05, 0) is 41.8 Å². The number of carbonyl (C=O) groups is 1. The van der Waals surface area contributed by atoms with Gasteiger partial charge in [0.15, 0.2) is 0 Å². The first kappa shape index (κ1) is 28.1. The normalized spacial score (nSPS) is 14.5. The van der Waals surface area contributed by atoms with Crippen LogP contribution in [0.1, 0.15) is 37.0 Å². The highest BCUT2D eigenvalue weighted by molar-refractivity contribution is 6.30. The van der Waals surface area contributed by atoms with Gasteiger partial charge in [-0.3, -0.25) is 4.79 Å². The summed E-state index contributed by atoms with van der Waals surface area (Å²) >= 11 is 12.9. The summed E-state index contributed by atoms with van der Waals surface area (Å²) in [5.74, 6) is 0.732. The number of hydrogen-bond acceptors (Lipinski definition) is 5. The van der Waals surface area contributed by atoms with Crippen LogP contribution < -0.4 is 10.1 Å². The Morgan fingerprint density at radius 3 is 2.47 bits per heavy atom. The molecule has 2 aromatic carbocycles. The van der Waals surface area contributed by atoms with Gasteiger partial charge < -0.3 is 24.6 Å². The zero-order valence-electron chi connectivity index (χ0n) is 19.5. The van der Waals surface area contributed by atoms with Gasteiger partial charge in [-0.25, -0.2) is 0 Å². The van der Waals surface area contributed by atoms with Crippen molar-refractivity contribution in [2.24, 2.45) is 0 Å². The summed E-state index contributed by atoms with van der Waals surface area (Å²) in [5.41, 5.74) is 1.56. The van der Waals surface area contributed by atoms with E-state index in [2.05, 4.69) is 12.2 Å². The van der Waals surface area contributed by atoms with Crippen LogP contribution >= 0.6 is 35.6 Å². The number of methoxy groups -OCH3 is 1. The molecule has 0 aromatic heterocycles. The molecule has 0 aliphatic carbocycles. The molecule has 3 rings (SSSR count). The van der Waals surface area contributed by atoms with E-state index in [1.807, 2.05) is 70.7 Å². The monoisotopic (exact) mass is 527 g/mol. The van der Waals surface area contributed by atoms with Crippen molar-refractivity contribution in [1.29, 1.82) is 0 Å². The second-order valence-electron chi connectivity index (χ2n) is 7.89. The lowest BCUT2D eigenvalue weighted by atomic mass is 10.1. The minimum absolute atomic E-state index is 0. The van der Waals surface area contributed by atoms with Gasteiger partial charge in [0, 0.05) is 30.6 Å². The van der Waals surface area contributed by atoms with Gasteiger partial charge in [0.1, 0.15) is 17.4 Å². The summed E-state index contributed by atoms with van der Waals surface area (Å²) in [6.45, 7) is 3.97. The third kappa shape index (κ3) is 8.27. The van der Waals surface area contributed by atoms with Crippen LogP contribution in [-0.2, 0) is 16.1 Å². The Kier molecular flexibility index (Phi) is 11.8. The zero-order chi connectivity index (χ0) is 23.6. The highest BCUT2D eigenvalue weighted by Crippen LogP contribution is 2.31. The minimum atomic E-state index is -0.424. The number of rotatable bonds is 12. The van der Waals surface area contributed by atoms with E-state index >= 15 is 0 Å². The maximum absolute atomic E-state index is 12.4. The third-order valence-corrected chi connectivity index (χ3v) is 6.10. The van der Waals surface area contributed by atoms with E-state index in [9.17, 15) is 4.79 Å². The number of ether oxygens (including phenoxy) is 2. The molecule has 0 saturated carbocycles. The molecule has 0 spiro atoms. The van der Waals surface area contributed by atoms with Gasteiger partial charge in [0.25, 0.3) is 0 Å². The fourth-order valence-electron chi connectivity index (χ4n) is 3.45. The summed E-state index contributed by atoms with van der Waals surface area (Å²) in [4.78, 5) is 16.3. The van der Waals surface area contributed by atoms with Crippen LogP contribution in [0.25, 0.3) is 0 Å². The lowest BCUT2D eigenvalue weighted by molar-refractivity contribution is -0.122. The summed E-state index contributed by atoms with van der Waals surface area (Å²) in [6.07, 6.45) is 5.48. The van der Waals surface area contributed by atoms with Crippen LogP contribution in [0.4, 0.5) is 0 Å². The van der Waals surface area contributed by atoms with Gasteiger partial charge in [-0.15, -0.1) is 12.4 Å². The molecule has 0 saturated heterocycles. The Labute approximate surface area is 218 Å². The predicted octanol–water partition coefficient (Wildman–Crippen LogP) is 5.56. The van der Waals surface area contributed by atoms with Crippen molar-refractivity contribution in [2.45, 2.75) is 37.9 Å². The fourth-order valence-corrected chi connectivity index (χ4v) is 3.92. The van der Waals surface area contributed by atoms with Crippen LogP contribution in [0.5, 0.6) is 5.75 Å². The SMILES string of the molecule is CCCCOC(c1ccc(Cl)cc1)C(Cl)N1C=CN(CC(=O)NCc2ccc(OC)cc2)C1.Cl. The van der Waals surface area contributed by atoms with Crippen molar-refractivity contribution in [3.8, 4) is 5.75 Å². The molecule has 1 aliphatic heterocycles. The van der Waals surface area contributed by atoms with E-state index in [0.717, 1.165) is 29.7 Å². The predicted molar refractivity (Wildman–Crippen MR) is 139 cm³/mol. The number of halogens is 3. The minimum Gasteiger partial charge on any atom is -0.497 e. The number of amides is 1. The van der Waals surface area contributed by atoms with E-state index in [1.165, 1.54) is 0 Å². The number of hydrogen-bond donors (Lipinski definition) is 1. The molecular weight excluding hydrogens is 497 g/mol. The quantitative estimate of drug-likeness (QED) is 0.222. The van der Waals surface area contributed by atoms with Crippen molar-refractivity contribution in [2.75, 3.05) is 26.9 Å².